The Morgan fingerprint density at radius 2 is 2.06 bits per heavy atom. The van der Waals surface area contributed by atoms with Crippen molar-refractivity contribution in [2.75, 3.05) is 26.2 Å². The molecule has 1 saturated heterocycles. The zero-order chi connectivity index (χ0) is 11.5. The predicted octanol–water partition coefficient (Wildman–Crippen LogP) is 1.48. The first-order valence-corrected chi connectivity index (χ1v) is 6.21. The summed E-state index contributed by atoms with van der Waals surface area (Å²) in [5, 5.41) is 3.17. The number of piperazine rings is 1. The molecule has 0 bridgehead atoms. The van der Waals surface area contributed by atoms with Gasteiger partial charge in [0, 0.05) is 35.3 Å². The molecule has 1 aromatic carbocycles. The number of hydrogen-bond donors (Lipinski definition) is 1. The van der Waals surface area contributed by atoms with Gasteiger partial charge >= 0.3 is 0 Å². The third kappa shape index (κ3) is 2.52. The summed E-state index contributed by atoms with van der Waals surface area (Å²) >= 11 is 1.91. The molecule has 1 aliphatic rings. The van der Waals surface area contributed by atoms with Crippen molar-refractivity contribution < 1.29 is 9.18 Å². The number of benzene rings is 1. The second-order valence-electron chi connectivity index (χ2n) is 3.67. The van der Waals surface area contributed by atoms with Crippen LogP contribution in [0, 0.1) is 9.39 Å². The van der Waals surface area contributed by atoms with Crippen molar-refractivity contribution >= 4 is 28.5 Å². The Morgan fingerprint density at radius 3 is 2.69 bits per heavy atom. The van der Waals surface area contributed by atoms with E-state index in [1.54, 1.807) is 17.0 Å². The molecular formula is C11H12FIN2O. The summed E-state index contributed by atoms with van der Waals surface area (Å²) in [7, 11) is 0. The van der Waals surface area contributed by atoms with Gasteiger partial charge in [-0.15, -0.1) is 0 Å². The van der Waals surface area contributed by atoms with Gasteiger partial charge in [-0.05, 0) is 40.8 Å². The minimum Gasteiger partial charge on any atom is -0.336 e. The first-order chi connectivity index (χ1) is 7.68. The van der Waals surface area contributed by atoms with Crippen molar-refractivity contribution in [1.29, 1.82) is 0 Å². The Morgan fingerprint density at radius 1 is 1.38 bits per heavy atom. The van der Waals surface area contributed by atoms with Crippen molar-refractivity contribution in [3.05, 3.63) is 33.1 Å². The molecule has 1 aliphatic heterocycles. The third-order valence-electron chi connectivity index (χ3n) is 2.57. The maximum atomic E-state index is 13.3. The molecule has 1 heterocycles. The number of rotatable bonds is 1. The second-order valence-corrected chi connectivity index (χ2v) is 4.83. The van der Waals surface area contributed by atoms with E-state index >= 15 is 0 Å². The fraction of sp³-hybridized carbons (Fsp3) is 0.364. The van der Waals surface area contributed by atoms with E-state index in [2.05, 4.69) is 5.32 Å². The van der Waals surface area contributed by atoms with Crippen LogP contribution in [0.4, 0.5) is 4.39 Å². The summed E-state index contributed by atoms with van der Waals surface area (Å²) in [6.45, 7) is 2.98. The van der Waals surface area contributed by atoms with Crippen LogP contribution >= 0.6 is 22.6 Å². The average molecular weight is 334 g/mol. The number of nitrogens with one attached hydrogen (secondary N) is 1. The Kier molecular flexibility index (Phi) is 3.75. The highest BCUT2D eigenvalue weighted by Gasteiger charge is 2.18. The second kappa shape index (κ2) is 5.09. The van der Waals surface area contributed by atoms with Crippen LogP contribution < -0.4 is 5.32 Å². The Hall–Kier alpha value is -0.690. The minimum atomic E-state index is -0.332. The molecule has 3 nitrogen and oxygen atoms in total. The molecule has 0 radical (unpaired) electrons. The summed E-state index contributed by atoms with van der Waals surface area (Å²) < 4.78 is 13.9. The number of nitrogens with zero attached hydrogens (tertiary/aromatic N) is 1. The van der Waals surface area contributed by atoms with E-state index in [4.69, 9.17) is 0 Å². The van der Waals surface area contributed by atoms with E-state index in [0.717, 1.165) is 13.1 Å². The number of halogens is 2. The normalized spacial score (nSPS) is 16.2. The van der Waals surface area contributed by atoms with Crippen LogP contribution in [-0.2, 0) is 0 Å². The molecule has 86 valence electrons. The van der Waals surface area contributed by atoms with Crippen LogP contribution in [0.3, 0.4) is 0 Å². The summed E-state index contributed by atoms with van der Waals surface area (Å²) in [5.41, 5.74) is 0.430. The lowest BCUT2D eigenvalue weighted by Crippen LogP contribution is -2.46. The lowest BCUT2D eigenvalue weighted by Gasteiger charge is -2.27. The minimum absolute atomic E-state index is 0.0863. The SMILES string of the molecule is O=C(c1ccc(I)c(F)c1)N1CCNCC1. The topological polar surface area (TPSA) is 32.3 Å². The number of carbonyl (C=O) groups excluding carboxylic acids is 1. The molecule has 0 aliphatic carbocycles. The summed E-state index contributed by atoms with van der Waals surface area (Å²) in [6.07, 6.45) is 0. The van der Waals surface area contributed by atoms with E-state index in [1.807, 2.05) is 22.6 Å². The van der Waals surface area contributed by atoms with Crippen molar-refractivity contribution in [2.45, 2.75) is 0 Å². The van der Waals surface area contributed by atoms with E-state index < -0.39 is 0 Å². The average Bonchev–Trinajstić information content (AvgIpc) is 2.33. The van der Waals surface area contributed by atoms with Gasteiger partial charge in [-0.1, -0.05) is 0 Å². The van der Waals surface area contributed by atoms with Crippen molar-refractivity contribution in [2.24, 2.45) is 0 Å². The first kappa shape index (κ1) is 11.8. The number of carbonyl (C=O) groups is 1. The van der Waals surface area contributed by atoms with Crippen LogP contribution in [0.2, 0.25) is 0 Å². The smallest absolute Gasteiger partial charge is 0.254 e. The molecule has 1 amide bonds. The molecule has 1 fully saturated rings. The number of amides is 1. The lowest BCUT2D eigenvalue weighted by molar-refractivity contribution is 0.0735. The zero-order valence-electron chi connectivity index (χ0n) is 8.67. The van der Waals surface area contributed by atoms with Crippen molar-refractivity contribution in [1.82, 2.24) is 10.2 Å². The lowest BCUT2D eigenvalue weighted by atomic mass is 10.2. The fourth-order valence-electron chi connectivity index (χ4n) is 1.68. The molecule has 2 rings (SSSR count). The molecule has 0 saturated carbocycles. The van der Waals surface area contributed by atoms with Crippen LogP contribution in [0.25, 0.3) is 0 Å². The number of hydrogen-bond acceptors (Lipinski definition) is 2. The van der Waals surface area contributed by atoms with E-state index in [-0.39, 0.29) is 11.7 Å². The Balaban J connectivity index is 2.16. The molecule has 1 aromatic rings. The molecular weight excluding hydrogens is 322 g/mol. The highest BCUT2D eigenvalue weighted by Crippen LogP contribution is 2.14. The van der Waals surface area contributed by atoms with Gasteiger partial charge in [-0.3, -0.25) is 4.79 Å². The third-order valence-corrected chi connectivity index (χ3v) is 3.45. The molecule has 16 heavy (non-hydrogen) atoms. The molecule has 0 atom stereocenters. The first-order valence-electron chi connectivity index (χ1n) is 5.13. The Bertz CT molecular complexity index is 405. The van der Waals surface area contributed by atoms with Gasteiger partial charge in [0.05, 0.1) is 0 Å². The Labute approximate surface area is 107 Å². The molecule has 0 aromatic heterocycles. The van der Waals surface area contributed by atoms with Crippen LogP contribution in [-0.4, -0.2) is 37.0 Å². The maximum Gasteiger partial charge on any atom is 0.254 e. The molecule has 0 unspecified atom stereocenters. The fourth-order valence-corrected chi connectivity index (χ4v) is 2.02. The van der Waals surface area contributed by atoms with Gasteiger partial charge < -0.3 is 10.2 Å². The van der Waals surface area contributed by atoms with E-state index in [1.165, 1.54) is 6.07 Å². The van der Waals surface area contributed by atoms with Gasteiger partial charge in [0.1, 0.15) is 5.82 Å². The van der Waals surface area contributed by atoms with Gasteiger partial charge in [0.15, 0.2) is 0 Å². The van der Waals surface area contributed by atoms with E-state index in [0.29, 0.717) is 22.2 Å². The van der Waals surface area contributed by atoms with Crippen molar-refractivity contribution in [3.63, 3.8) is 0 Å². The summed E-state index contributed by atoms with van der Waals surface area (Å²) in [4.78, 5) is 13.7. The maximum absolute atomic E-state index is 13.3. The highest BCUT2D eigenvalue weighted by molar-refractivity contribution is 14.1. The van der Waals surface area contributed by atoms with Crippen LogP contribution in [0.15, 0.2) is 18.2 Å². The molecule has 0 spiro atoms. The highest BCUT2D eigenvalue weighted by atomic mass is 127. The van der Waals surface area contributed by atoms with Crippen LogP contribution in [0.1, 0.15) is 10.4 Å². The standard InChI is InChI=1S/C11H12FIN2O/c12-9-7-8(1-2-10(9)13)11(16)15-5-3-14-4-6-15/h1-2,7,14H,3-6H2. The summed E-state index contributed by atoms with van der Waals surface area (Å²) in [5.74, 6) is -0.418. The monoisotopic (exact) mass is 334 g/mol. The zero-order valence-corrected chi connectivity index (χ0v) is 10.8. The molecule has 1 N–H and O–H groups in total. The van der Waals surface area contributed by atoms with E-state index in [9.17, 15) is 9.18 Å². The largest absolute Gasteiger partial charge is 0.336 e. The van der Waals surface area contributed by atoms with Gasteiger partial charge in [-0.25, -0.2) is 4.39 Å². The van der Waals surface area contributed by atoms with Gasteiger partial charge in [0.25, 0.3) is 5.91 Å². The van der Waals surface area contributed by atoms with Crippen molar-refractivity contribution in [3.8, 4) is 0 Å². The van der Waals surface area contributed by atoms with Gasteiger partial charge in [0.2, 0.25) is 0 Å². The predicted molar refractivity (Wildman–Crippen MR) is 67.9 cm³/mol. The summed E-state index contributed by atoms with van der Waals surface area (Å²) in [6, 6.07) is 4.62. The van der Waals surface area contributed by atoms with Gasteiger partial charge in [-0.2, -0.15) is 0 Å². The molecule has 5 heteroatoms. The van der Waals surface area contributed by atoms with Crippen LogP contribution in [0.5, 0.6) is 0 Å². The quantitative estimate of drug-likeness (QED) is 0.789.